The summed E-state index contributed by atoms with van der Waals surface area (Å²) in [5, 5.41) is 25.4. The van der Waals surface area contributed by atoms with E-state index < -0.39 is 55.0 Å². The van der Waals surface area contributed by atoms with Crippen molar-refractivity contribution in [3.63, 3.8) is 0 Å². The molecule has 0 aliphatic heterocycles. The Bertz CT molecular complexity index is 710. The lowest BCUT2D eigenvalue weighted by Crippen LogP contribution is -2.56. The Balaban J connectivity index is 2.71. The maximum atomic E-state index is 12.6. The first kappa shape index (κ1) is 24.1. The van der Waals surface area contributed by atoms with Gasteiger partial charge in [0.15, 0.2) is 0 Å². The minimum Gasteiger partial charge on any atom is -0.480 e. The van der Waals surface area contributed by atoms with Crippen LogP contribution in [0.15, 0.2) is 30.3 Å². The smallest absolute Gasteiger partial charge is 0.326 e. The van der Waals surface area contributed by atoms with E-state index in [-0.39, 0.29) is 12.3 Å². The zero-order valence-electron chi connectivity index (χ0n) is 16.4. The summed E-state index contributed by atoms with van der Waals surface area (Å²) in [5.41, 5.74) is 6.08. The molecule has 0 saturated heterocycles. The number of aliphatic carboxylic acids is 1. The van der Waals surface area contributed by atoms with E-state index in [0.717, 1.165) is 5.56 Å². The van der Waals surface area contributed by atoms with Gasteiger partial charge in [-0.05, 0) is 11.5 Å². The third-order valence-corrected chi connectivity index (χ3v) is 4.12. The summed E-state index contributed by atoms with van der Waals surface area (Å²) in [6, 6.07) is 5.53. The number of rotatable bonds is 11. The molecule has 0 bridgehead atoms. The summed E-state index contributed by atoms with van der Waals surface area (Å²) >= 11 is 0. The standard InChI is InChI=1S/C19H28N4O6/c1-11(2)16(23-15(25)9-21-17(26)13(20)10-24)18(27)22-14(19(28)29)8-12-6-4-3-5-7-12/h3-7,11,13-14,16,24H,8-10,20H2,1-2H3,(H,21,26)(H,22,27)(H,23,25)(H,28,29). The van der Waals surface area contributed by atoms with Crippen molar-refractivity contribution >= 4 is 23.7 Å². The molecule has 1 aromatic carbocycles. The maximum absolute atomic E-state index is 12.6. The van der Waals surface area contributed by atoms with Crippen molar-refractivity contribution in [3.05, 3.63) is 35.9 Å². The highest BCUT2D eigenvalue weighted by Crippen LogP contribution is 2.06. The number of hydrogen-bond donors (Lipinski definition) is 6. The number of carboxylic acid groups (broad SMARTS) is 1. The molecule has 3 unspecified atom stereocenters. The normalized spacial score (nSPS) is 13.8. The van der Waals surface area contributed by atoms with Gasteiger partial charge in [0.2, 0.25) is 17.7 Å². The molecular weight excluding hydrogens is 380 g/mol. The summed E-state index contributed by atoms with van der Waals surface area (Å²) in [4.78, 5) is 47.7. The van der Waals surface area contributed by atoms with Gasteiger partial charge in [0.1, 0.15) is 18.1 Å². The van der Waals surface area contributed by atoms with Gasteiger partial charge in [-0.1, -0.05) is 44.2 Å². The molecule has 29 heavy (non-hydrogen) atoms. The molecule has 7 N–H and O–H groups in total. The number of nitrogens with one attached hydrogen (secondary N) is 3. The van der Waals surface area contributed by atoms with Crippen molar-refractivity contribution < 1.29 is 29.4 Å². The van der Waals surface area contributed by atoms with Crippen molar-refractivity contribution in [2.45, 2.75) is 38.4 Å². The Hall–Kier alpha value is -2.98. The molecule has 1 aromatic rings. The van der Waals surface area contributed by atoms with Crippen molar-refractivity contribution in [2.24, 2.45) is 11.7 Å². The summed E-state index contributed by atoms with van der Waals surface area (Å²) in [6.07, 6.45) is 0.0930. The van der Waals surface area contributed by atoms with E-state index in [0.29, 0.717) is 0 Å². The molecule has 0 heterocycles. The Labute approximate surface area is 168 Å². The Morgan fingerprint density at radius 2 is 1.66 bits per heavy atom. The number of carbonyl (C=O) groups is 4. The number of benzene rings is 1. The molecule has 0 spiro atoms. The van der Waals surface area contributed by atoms with Crippen LogP contribution in [-0.4, -0.2) is 65.2 Å². The van der Waals surface area contributed by atoms with Crippen LogP contribution in [0.3, 0.4) is 0 Å². The van der Waals surface area contributed by atoms with Gasteiger partial charge in [0.25, 0.3) is 0 Å². The van der Waals surface area contributed by atoms with Gasteiger partial charge in [-0.2, -0.15) is 0 Å². The van der Waals surface area contributed by atoms with Crippen molar-refractivity contribution in [1.82, 2.24) is 16.0 Å². The van der Waals surface area contributed by atoms with Crippen molar-refractivity contribution in [3.8, 4) is 0 Å². The lowest BCUT2D eigenvalue weighted by Gasteiger charge is -2.24. The fraction of sp³-hybridized carbons (Fsp3) is 0.474. The van der Waals surface area contributed by atoms with Crippen LogP contribution >= 0.6 is 0 Å². The molecule has 160 valence electrons. The van der Waals surface area contributed by atoms with Crippen LogP contribution < -0.4 is 21.7 Å². The highest BCUT2D eigenvalue weighted by Gasteiger charge is 2.29. The minimum absolute atomic E-state index is 0.0930. The molecule has 10 nitrogen and oxygen atoms in total. The lowest BCUT2D eigenvalue weighted by atomic mass is 10.0. The van der Waals surface area contributed by atoms with Gasteiger partial charge >= 0.3 is 5.97 Å². The van der Waals surface area contributed by atoms with E-state index >= 15 is 0 Å². The van der Waals surface area contributed by atoms with Gasteiger partial charge in [-0.15, -0.1) is 0 Å². The molecule has 0 saturated carbocycles. The first-order valence-corrected chi connectivity index (χ1v) is 9.16. The highest BCUT2D eigenvalue weighted by molar-refractivity contribution is 5.92. The molecule has 0 aromatic heterocycles. The fourth-order valence-corrected chi connectivity index (χ4v) is 2.45. The zero-order valence-corrected chi connectivity index (χ0v) is 16.4. The van der Waals surface area contributed by atoms with Crippen LogP contribution in [0.2, 0.25) is 0 Å². The third-order valence-electron chi connectivity index (χ3n) is 4.12. The second-order valence-corrected chi connectivity index (χ2v) is 6.89. The van der Waals surface area contributed by atoms with Crippen molar-refractivity contribution in [2.75, 3.05) is 13.2 Å². The number of carbonyl (C=O) groups excluding carboxylic acids is 3. The number of aliphatic hydroxyl groups excluding tert-OH is 1. The molecule has 10 heteroatoms. The van der Waals surface area contributed by atoms with Crippen LogP contribution in [-0.2, 0) is 25.6 Å². The predicted octanol–water partition coefficient (Wildman–Crippen LogP) is -1.62. The van der Waals surface area contributed by atoms with Gasteiger partial charge in [0.05, 0.1) is 13.2 Å². The molecular formula is C19H28N4O6. The Morgan fingerprint density at radius 3 is 2.17 bits per heavy atom. The average Bonchev–Trinajstić information content (AvgIpc) is 2.69. The molecule has 0 fully saturated rings. The zero-order chi connectivity index (χ0) is 22.0. The second-order valence-electron chi connectivity index (χ2n) is 6.89. The average molecular weight is 408 g/mol. The van der Waals surface area contributed by atoms with Crippen LogP contribution in [0.25, 0.3) is 0 Å². The molecule has 0 aliphatic carbocycles. The Morgan fingerprint density at radius 1 is 1.03 bits per heavy atom. The van der Waals surface area contributed by atoms with Crippen LogP contribution in [0.5, 0.6) is 0 Å². The quantitative estimate of drug-likeness (QED) is 0.255. The number of amides is 3. The molecule has 3 atom stereocenters. The third kappa shape index (κ3) is 8.28. The molecule has 0 aliphatic rings. The minimum atomic E-state index is -1.19. The second kappa shape index (κ2) is 11.8. The van der Waals surface area contributed by atoms with Crippen LogP contribution in [0.4, 0.5) is 0 Å². The van der Waals surface area contributed by atoms with Crippen LogP contribution in [0, 0.1) is 5.92 Å². The molecule has 3 amide bonds. The SMILES string of the molecule is CC(C)C(NC(=O)CNC(=O)C(N)CO)C(=O)NC(Cc1ccccc1)C(=O)O. The number of hydrogen-bond acceptors (Lipinski definition) is 6. The summed E-state index contributed by atoms with van der Waals surface area (Å²) in [6.45, 7) is 2.38. The topological polar surface area (TPSA) is 171 Å². The van der Waals surface area contributed by atoms with E-state index in [1.807, 2.05) is 0 Å². The largest absolute Gasteiger partial charge is 0.480 e. The molecule has 0 radical (unpaired) electrons. The van der Waals surface area contributed by atoms with E-state index in [4.69, 9.17) is 10.8 Å². The summed E-state index contributed by atoms with van der Waals surface area (Å²) in [5.74, 6) is -3.52. The van der Waals surface area contributed by atoms with Gasteiger partial charge < -0.3 is 31.9 Å². The monoisotopic (exact) mass is 408 g/mol. The van der Waals surface area contributed by atoms with E-state index in [1.165, 1.54) is 0 Å². The number of carboxylic acids is 1. The Kier molecular flexibility index (Phi) is 9.76. The first-order valence-electron chi connectivity index (χ1n) is 9.16. The number of aliphatic hydroxyl groups is 1. The van der Waals surface area contributed by atoms with Gasteiger partial charge in [-0.3, -0.25) is 14.4 Å². The number of nitrogens with two attached hydrogens (primary N) is 1. The van der Waals surface area contributed by atoms with E-state index in [1.54, 1.807) is 44.2 Å². The van der Waals surface area contributed by atoms with Gasteiger partial charge in [-0.25, -0.2) is 4.79 Å². The lowest BCUT2D eigenvalue weighted by molar-refractivity contribution is -0.142. The van der Waals surface area contributed by atoms with E-state index in [2.05, 4.69) is 16.0 Å². The van der Waals surface area contributed by atoms with Crippen molar-refractivity contribution in [1.29, 1.82) is 0 Å². The van der Waals surface area contributed by atoms with Crippen LogP contribution in [0.1, 0.15) is 19.4 Å². The molecule has 1 rings (SSSR count). The summed E-state index contributed by atoms with van der Waals surface area (Å²) < 4.78 is 0. The fourth-order valence-electron chi connectivity index (χ4n) is 2.45. The highest BCUT2D eigenvalue weighted by atomic mass is 16.4. The maximum Gasteiger partial charge on any atom is 0.326 e. The first-order chi connectivity index (χ1) is 13.6. The predicted molar refractivity (Wildman–Crippen MR) is 105 cm³/mol. The van der Waals surface area contributed by atoms with Gasteiger partial charge in [0, 0.05) is 6.42 Å². The van der Waals surface area contributed by atoms with E-state index in [9.17, 15) is 24.3 Å². The summed E-state index contributed by atoms with van der Waals surface area (Å²) in [7, 11) is 0.